The van der Waals surface area contributed by atoms with E-state index in [1.165, 1.54) is 0 Å². The fourth-order valence-electron chi connectivity index (χ4n) is 1.34. The van der Waals surface area contributed by atoms with Gasteiger partial charge in [0.25, 0.3) is 0 Å². The lowest BCUT2D eigenvalue weighted by atomic mass is 10.2. The molecule has 2 heterocycles. The minimum absolute atomic E-state index is 0.395. The Kier molecular flexibility index (Phi) is 2.97. The van der Waals surface area contributed by atoms with Crippen LogP contribution in [0.5, 0.6) is 0 Å². The van der Waals surface area contributed by atoms with E-state index in [2.05, 4.69) is 15.3 Å². The number of aryl methyl sites for hydroxylation is 1. The smallest absolute Gasteiger partial charge is 0.0974 e. The summed E-state index contributed by atoms with van der Waals surface area (Å²) in [6.45, 7) is 2.66. The van der Waals surface area contributed by atoms with Crippen molar-refractivity contribution in [3.8, 4) is 0 Å². The first-order valence-corrected chi connectivity index (χ1v) is 5.18. The average molecular weight is 223 g/mol. The Morgan fingerprint density at radius 1 is 1.47 bits per heavy atom. The predicted octanol–water partition coefficient (Wildman–Crippen LogP) is 1.77. The van der Waals surface area contributed by atoms with Crippen LogP contribution < -0.4 is 0 Å². The zero-order valence-electron chi connectivity index (χ0n) is 8.39. The molecule has 2 rings (SSSR count). The number of pyridine rings is 1. The molecule has 5 heteroatoms. The number of nitrogens with zero attached hydrogens (tertiary/aromatic N) is 4. The van der Waals surface area contributed by atoms with Crippen LogP contribution in [-0.2, 0) is 12.4 Å². The first kappa shape index (κ1) is 10.1. The molecule has 0 unspecified atom stereocenters. The molecule has 0 radical (unpaired) electrons. The fraction of sp³-hybridized carbons (Fsp3) is 0.300. The number of alkyl halides is 1. The molecule has 0 saturated heterocycles. The summed E-state index contributed by atoms with van der Waals surface area (Å²) in [7, 11) is 0. The number of rotatable bonds is 3. The van der Waals surface area contributed by atoms with Crippen molar-refractivity contribution in [3.05, 3.63) is 41.5 Å². The highest BCUT2D eigenvalue weighted by molar-refractivity contribution is 6.16. The first-order valence-electron chi connectivity index (χ1n) is 4.65. The summed E-state index contributed by atoms with van der Waals surface area (Å²) >= 11 is 5.65. The molecule has 0 aliphatic heterocycles. The molecule has 4 nitrogen and oxygen atoms in total. The van der Waals surface area contributed by atoms with Gasteiger partial charge in [0.2, 0.25) is 0 Å². The van der Waals surface area contributed by atoms with E-state index in [0.717, 1.165) is 17.0 Å². The largest absolute Gasteiger partial charge is 0.261 e. The highest BCUT2D eigenvalue weighted by atomic mass is 35.5. The number of aromatic nitrogens is 4. The maximum Gasteiger partial charge on any atom is 0.0974 e. The van der Waals surface area contributed by atoms with Crippen molar-refractivity contribution in [2.24, 2.45) is 0 Å². The third-order valence-corrected chi connectivity index (χ3v) is 2.45. The van der Waals surface area contributed by atoms with Gasteiger partial charge in [-0.2, -0.15) is 0 Å². The van der Waals surface area contributed by atoms with E-state index in [4.69, 9.17) is 11.6 Å². The van der Waals surface area contributed by atoms with Gasteiger partial charge in [-0.25, -0.2) is 4.68 Å². The van der Waals surface area contributed by atoms with Crippen LogP contribution in [-0.4, -0.2) is 20.0 Å². The van der Waals surface area contributed by atoms with Crippen molar-refractivity contribution in [3.63, 3.8) is 0 Å². The summed E-state index contributed by atoms with van der Waals surface area (Å²) in [5.74, 6) is 0.395. The Morgan fingerprint density at radius 2 is 2.33 bits per heavy atom. The van der Waals surface area contributed by atoms with Crippen molar-refractivity contribution in [2.45, 2.75) is 19.3 Å². The summed E-state index contributed by atoms with van der Waals surface area (Å²) in [5, 5.41) is 7.90. The molecule has 0 aliphatic carbocycles. The SMILES string of the molecule is Cc1ncccc1Cn1cc(CCl)nn1. The molecule has 0 fully saturated rings. The standard InChI is InChI=1S/C10H11ClN4/c1-8-9(3-2-4-12-8)6-15-7-10(5-11)13-14-15/h2-4,7H,5-6H2,1H3. The van der Waals surface area contributed by atoms with E-state index in [9.17, 15) is 0 Å². The minimum atomic E-state index is 0.395. The average Bonchev–Trinajstić information content (AvgIpc) is 2.69. The maximum atomic E-state index is 5.65. The summed E-state index contributed by atoms with van der Waals surface area (Å²) in [6, 6.07) is 3.95. The monoisotopic (exact) mass is 222 g/mol. The van der Waals surface area contributed by atoms with Crippen molar-refractivity contribution < 1.29 is 0 Å². The van der Waals surface area contributed by atoms with Crippen LogP contribution in [0.15, 0.2) is 24.5 Å². The van der Waals surface area contributed by atoms with Crippen LogP contribution >= 0.6 is 11.6 Å². The molecule has 0 amide bonds. The Morgan fingerprint density at radius 3 is 3.00 bits per heavy atom. The lowest BCUT2D eigenvalue weighted by molar-refractivity contribution is 0.645. The lowest BCUT2D eigenvalue weighted by Gasteiger charge is -2.03. The van der Waals surface area contributed by atoms with Crippen LogP contribution in [0.4, 0.5) is 0 Å². The van der Waals surface area contributed by atoms with E-state index in [1.807, 2.05) is 25.3 Å². The zero-order chi connectivity index (χ0) is 10.7. The van der Waals surface area contributed by atoms with Crippen molar-refractivity contribution in [1.29, 1.82) is 0 Å². The molecule has 0 saturated carbocycles. The Hall–Kier alpha value is -1.42. The van der Waals surface area contributed by atoms with Gasteiger partial charge in [0.15, 0.2) is 0 Å². The van der Waals surface area contributed by atoms with Crippen LogP contribution in [0.2, 0.25) is 0 Å². The van der Waals surface area contributed by atoms with Gasteiger partial charge >= 0.3 is 0 Å². The van der Waals surface area contributed by atoms with Crippen LogP contribution in [0, 0.1) is 6.92 Å². The highest BCUT2D eigenvalue weighted by Crippen LogP contribution is 2.06. The van der Waals surface area contributed by atoms with Gasteiger partial charge in [-0.1, -0.05) is 11.3 Å². The minimum Gasteiger partial charge on any atom is -0.261 e. The third-order valence-electron chi connectivity index (χ3n) is 2.17. The number of halogens is 1. The normalized spacial score (nSPS) is 10.5. The van der Waals surface area contributed by atoms with Crippen molar-refractivity contribution in [1.82, 2.24) is 20.0 Å². The quantitative estimate of drug-likeness (QED) is 0.744. The van der Waals surface area contributed by atoms with Gasteiger partial charge in [-0.15, -0.1) is 16.7 Å². The molecule has 0 bridgehead atoms. The number of hydrogen-bond donors (Lipinski definition) is 0. The van der Waals surface area contributed by atoms with Gasteiger partial charge in [0.05, 0.1) is 24.3 Å². The second kappa shape index (κ2) is 4.40. The molecule has 78 valence electrons. The van der Waals surface area contributed by atoms with Gasteiger partial charge in [0, 0.05) is 11.9 Å². The van der Waals surface area contributed by atoms with Crippen molar-refractivity contribution >= 4 is 11.6 Å². The summed E-state index contributed by atoms with van der Waals surface area (Å²) in [5.41, 5.74) is 2.95. The Labute approximate surface area is 92.9 Å². The van der Waals surface area contributed by atoms with E-state index in [-0.39, 0.29) is 0 Å². The molecule has 0 N–H and O–H groups in total. The maximum absolute atomic E-state index is 5.65. The topological polar surface area (TPSA) is 43.6 Å². The molecule has 0 spiro atoms. The van der Waals surface area contributed by atoms with Gasteiger partial charge in [-0.05, 0) is 18.6 Å². The zero-order valence-corrected chi connectivity index (χ0v) is 9.15. The van der Waals surface area contributed by atoms with Gasteiger partial charge in [0.1, 0.15) is 0 Å². The Bertz CT molecular complexity index is 452. The molecule has 0 aromatic carbocycles. The molecule has 2 aromatic heterocycles. The first-order chi connectivity index (χ1) is 7.29. The molecular formula is C10H11ClN4. The molecule has 0 aliphatic rings. The summed E-state index contributed by atoms with van der Waals surface area (Å²) < 4.78 is 1.77. The van der Waals surface area contributed by atoms with Crippen LogP contribution in [0.3, 0.4) is 0 Å². The predicted molar refractivity (Wildman–Crippen MR) is 57.7 cm³/mol. The number of hydrogen-bond acceptors (Lipinski definition) is 3. The second-order valence-electron chi connectivity index (χ2n) is 3.29. The van der Waals surface area contributed by atoms with Crippen molar-refractivity contribution in [2.75, 3.05) is 0 Å². The molecule has 2 aromatic rings. The Balaban J connectivity index is 2.18. The lowest BCUT2D eigenvalue weighted by Crippen LogP contribution is -2.03. The van der Waals surface area contributed by atoms with E-state index in [1.54, 1.807) is 10.9 Å². The molecular weight excluding hydrogens is 212 g/mol. The summed E-state index contributed by atoms with van der Waals surface area (Å²) in [6.07, 6.45) is 3.63. The van der Waals surface area contributed by atoms with Gasteiger partial charge in [-0.3, -0.25) is 4.98 Å². The van der Waals surface area contributed by atoms with E-state index in [0.29, 0.717) is 12.4 Å². The third kappa shape index (κ3) is 2.33. The second-order valence-corrected chi connectivity index (χ2v) is 3.56. The molecule has 0 atom stereocenters. The van der Waals surface area contributed by atoms with Gasteiger partial charge < -0.3 is 0 Å². The van der Waals surface area contributed by atoms with E-state index >= 15 is 0 Å². The van der Waals surface area contributed by atoms with E-state index < -0.39 is 0 Å². The van der Waals surface area contributed by atoms with Crippen LogP contribution in [0.25, 0.3) is 0 Å². The molecule has 15 heavy (non-hydrogen) atoms. The summed E-state index contributed by atoms with van der Waals surface area (Å²) in [4.78, 5) is 4.21. The fourth-order valence-corrected chi connectivity index (χ4v) is 1.46. The van der Waals surface area contributed by atoms with Crippen LogP contribution in [0.1, 0.15) is 17.0 Å². The highest BCUT2D eigenvalue weighted by Gasteiger charge is 2.02.